The zero-order valence-electron chi connectivity index (χ0n) is 48.8. The summed E-state index contributed by atoms with van der Waals surface area (Å²) in [5, 5.41) is 6.92. The summed E-state index contributed by atoms with van der Waals surface area (Å²) in [6, 6.07) is 115. The van der Waals surface area contributed by atoms with Gasteiger partial charge in [-0.2, -0.15) is 0 Å². The summed E-state index contributed by atoms with van der Waals surface area (Å²) in [5.41, 5.74) is 29.2. The summed E-state index contributed by atoms with van der Waals surface area (Å²) >= 11 is 1.92. The van der Waals surface area contributed by atoms with E-state index in [2.05, 4.69) is 314 Å². The number of hydrogen-bond donors (Lipinski definition) is 0. The van der Waals surface area contributed by atoms with E-state index < -0.39 is 0 Å². The molecule has 0 spiro atoms. The second kappa shape index (κ2) is 20.2. The van der Waals surface area contributed by atoms with E-state index in [0.29, 0.717) is 0 Å². The van der Waals surface area contributed by atoms with E-state index in [4.69, 9.17) is 8.83 Å². The van der Waals surface area contributed by atoms with Crippen LogP contribution in [0.4, 0.5) is 0 Å². The molecule has 3 nitrogen and oxygen atoms in total. The number of furan rings is 2. The largest absolute Gasteiger partial charge is 0.456 e. The Kier molecular flexibility index (Phi) is 11.5. The molecule has 0 bridgehead atoms. The Bertz CT molecular complexity index is 5650. The van der Waals surface area contributed by atoms with Gasteiger partial charge in [0, 0.05) is 53.7 Å². The SMILES string of the molecule is c1ccc(-c2ccc3oc4ccc(-c5ccc6c(c5)Sc5cc(-n7c8ccccc8c8ccccc87)cc7c5B6c5ccc(-c6ccc8oc9ccc(-c%10ccccc%10)cc9c8c6)cc5C7c5c(-c6ccccc6)cccc5-c5ccccc5)cc4c3c2)cc1. The smallest absolute Gasteiger partial charge is 0.244 e. The molecule has 19 rings (SSSR count). The molecule has 90 heavy (non-hydrogen) atoms. The van der Waals surface area contributed by atoms with E-state index in [1.54, 1.807) is 0 Å². The van der Waals surface area contributed by atoms with Gasteiger partial charge in [0.1, 0.15) is 22.3 Å². The predicted molar refractivity (Wildman–Crippen MR) is 377 cm³/mol. The molecular weight excluding hydrogens is 1110 g/mol. The van der Waals surface area contributed by atoms with Gasteiger partial charge in [0.2, 0.25) is 6.71 Å². The standard InChI is InChI=1S/C85H52BNO2S/c1-5-18-52(19-6-1)56-34-40-77-67(44-56)69-46-59(36-42-79(69)88-77)58-32-38-73-71(48-58)84(83-63(54-22-9-3-10-23-54)28-17-29-64(83)55-24-11-4-12-25-55)72-50-62(87-75-30-15-13-26-65(75)66-27-14-16-31-76(66)87)51-82-85(72)86(73)74-39-33-61(49-81(74)90-82)60-37-43-80-70(47-60)68-45-57(35-41-78(68)89-80)53-20-7-2-8-21-53/h1-51,84H. The third-order valence-electron chi connectivity index (χ3n) is 19.2. The van der Waals surface area contributed by atoms with Crippen LogP contribution in [0.5, 0.6) is 0 Å². The molecular formula is C85H52BNO2S. The molecule has 14 aromatic carbocycles. The van der Waals surface area contributed by atoms with Gasteiger partial charge in [-0.25, -0.2) is 0 Å². The minimum atomic E-state index is -0.197. The molecule has 2 aliphatic rings. The molecule has 0 saturated heterocycles. The number of nitrogens with zero attached hydrogens (tertiary/aromatic N) is 1. The van der Waals surface area contributed by atoms with Crippen molar-refractivity contribution in [3.63, 3.8) is 0 Å². The molecule has 2 aliphatic heterocycles. The quantitative estimate of drug-likeness (QED) is 0.142. The molecule has 3 aromatic heterocycles. The average molecular weight is 1160 g/mol. The lowest BCUT2D eigenvalue weighted by atomic mass is 9.32. The fourth-order valence-corrected chi connectivity index (χ4v) is 16.4. The summed E-state index contributed by atoms with van der Waals surface area (Å²) in [5.74, 6) is -0.197. The molecule has 0 fully saturated rings. The summed E-state index contributed by atoms with van der Waals surface area (Å²) in [6.07, 6.45) is 0. The van der Waals surface area contributed by atoms with Crippen molar-refractivity contribution in [2.75, 3.05) is 0 Å². The Labute approximate surface area is 524 Å². The van der Waals surface area contributed by atoms with E-state index >= 15 is 0 Å². The molecule has 0 aliphatic carbocycles. The van der Waals surface area contributed by atoms with Gasteiger partial charge in [-0.1, -0.05) is 259 Å². The lowest BCUT2D eigenvalue weighted by Crippen LogP contribution is -2.60. The van der Waals surface area contributed by atoms with Crippen LogP contribution in [0.15, 0.2) is 328 Å². The first-order valence-electron chi connectivity index (χ1n) is 31.0. The van der Waals surface area contributed by atoms with Gasteiger partial charge < -0.3 is 13.4 Å². The van der Waals surface area contributed by atoms with Crippen molar-refractivity contribution in [3.05, 3.63) is 326 Å². The zero-order chi connectivity index (χ0) is 59.0. The van der Waals surface area contributed by atoms with Crippen molar-refractivity contribution in [2.45, 2.75) is 15.7 Å². The molecule has 17 aromatic rings. The number of rotatable bonds is 8. The average Bonchev–Trinajstić information content (AvgIpc) is 0.741. The number of aromatic nitrogens is 1. The van der Waals surface area contributed by atoms with Gasteiger partial charge >= 0.3 is 0 Å². The highest BCUT2D eigenvalue weighted by Gasteiger charge is 2.44. The van der Waals surface area contributed by atoms with Crippen LogP contribution in [0, 0.1) is 0 Å². The van der Waals surface area contributed by atoms with Crippen LogP contribution in [-0.2, 0) is 0 Å². The van der Waals surface area contributed by atoms with Crippen LogP contribution < -0.4 is 16.4 Å². The first-order chi connectivity index (χ1) is 44.6. The van der Waals surface area contributed by atoms with Crippen molar-refractivity contribution in [3.8, 4) is 72.4 Å². The Hall–Kier alpha value is -11.1. The van der Waals surface area contributed by atoms with E-state index in [9.17, 15) is 0 Å². The first-order valence-corrected chi connectivity index (χ1v) is 31.8. The van der Waals surface area contributed by atoms with Gasteiger partial charge in [0.05, 0.1) is 11.0 Å². The van der Waals surface area contributed by atoms with Crippen molar-refractivity contribution < 1.29 is 8.83 Å². The zero-order valence-corrected chi connectivity index (χ0v) is 49.6. The molecule has 1 unspecified atom stereocenters. The van der Waals surface area contributed by atoms with Crippen LogP contribution in [-0.4, -0.2) is 11.3 Å². The van der Waals surface area contributed by atoms with Crippen LogP contribution >= 0.6 is 11.8 Å². The predicted octanol–water partition coefficient (Wildman–Crippen LogP) is 21.1. The molecule has 5 heterocycles. The number of hydrogen-bond acceptors (Lipinski definition) is 3. The van der Waals surface area contributed by atoms with Crippen LogP contribution in [0.2, 0.25) is 0 Å². The lowest BCUT2D eigenvalue weighted by molar-refractivity contribution is 0.668. The fraction of sp³-hybridized carbons (Fsp3) is 0.0118. The number of para-hydroxylation sites is 2. The molecule has 5 heteroatoms. The highest BCUT2D eigenvalue weighted by molar-refractivity contribution is 8.00. The molecule has 418 valence electrons. The first kappa shape index (κ1) is 51.0. The maximum atomic E-state index is 6.60. The minimum absolute atomic E-state index is 0.0646. The van der Waals surface area contributed by atoms with Crippen molar-refractivity contribution >= 4 is 101 Å². The molecule has 0 saturated carbocycles. The van der Waals surface area contributed by atoms with Crippen LogP contribution in [0.1, 0.15) is 22.6 Å². The summed E-state index contributed by atoms with van der Waals surface area (Å²) in [4.78, 5) is 2.53. The van der Waals surface area contributed by atoms with Crippen molar-refractivity contribution in [2.24, 2.45) is 0 Å². The fourth-order valence-electron chi connectivity index (χ4n) is 15.1. The van der Waals surface area contributed by atoms with Gasteiger partial charge in [-0.3, -0.25) is 0 Å². The monoisotopic (exact) mass is 1160 g/mol. The molecule has 0 amide bonds. The highest BCUT2D eigenvalue weighted by atomic mass is 32.2. The van der Waals surface area contributed by atoms with E-state index in [1.165, 1.54) is 115 Å². The van der Waals surface area contributed by atoms with Crippen LogP contribution in [0.25, 0.3) is 138 Å². The maximum absolute atomic E-state index is 6.60. The maximum Gasteiger partial charge on any atom is 0.244 e. The summed E-state index contributed by atoms with van der Waals surface area (Å²) in [6.45, 7) is -0.0646. The molecule has 0 N–H and O–H groups in total. The van der Waals surface area contributed by atoms with E-state index in [1.807, 2.05) is 11.8 Å². The third-order valence-corrected chi connectivity index (χ3v) is 20.4. The van der Waals surface area contributed by atoms with Gasteiger partial charge in [0.15, 0.2) is 0 Å². The third kappa shape index (κ3) is 8.03. The summed E-state index contributed by atoms with van der Waals surface area (Å²) < 4.78 is 15.6. The Morgan fingerprint density at radius 2 is 0.700 bits per heavy atom. The van der Waals surface area contributed by atoms with Gasteiger partial charge in [-0.15, -0.1) is 0 Å². The highest BCUT2D eigenvalue weighted by Crippen LogP contribution is 2.49. The Balaban J connectivity index is 0.868. The van der Waals surface area contributed by atoms with E-state index in [-0.39, 0.29) is 12.6 Å². The second-order valence-electron chi connectivity index (χ2n) is 24.2. The Morgan fingerprint density at radius 1 is 0.289 bits per heavy atom. The van der Waals surface area contributed by atoms with Crippen molar-refractivity contribution in [1.82, 2.24) is 4.57 Å². The number of benzene rings is 14. The summed E-state index contributed by atoms with van der Waals surface area (Å²) in [7, 11) is 0. The second-order valence-corrected chi connectivity index (χ2v) is 25.2. The number of fused-ring (bicyclic) bond motifs is 13. The minimum Gasteiger partial charge on any atom is -0.456 e. The topological polar surface area (TPSA) is 31.2 Å². The Morgan fingerprint density at radius 3 is 1.20 bits per heavy atom. The molecule has 0 radical (unpaired) electrons. The van der Waals surface area contributed by atoms with Crippen LogP contribution in [0.3, 0.4) is 0 Å². The normalized spacial score (nSPS) is 13.4. The van der Waals surface area contributed by atoms with Gasteiger partial charge in [0.25, 0.3) is 0 Å². The lowest BCUT2D eigenvalue weighted by Gasteiger charge is -2.40. The van der Waals surface area contributed by atoms with Crippen molar-refractivity contribution in [1.29, 1.82) is 0 Å². The van der Waals surface area contributed by atoms with E-state index in [0.717, 1.165) is 66.3 Å². The molecule has 1 atom stereocenters. The van der Waals surface area contributed by atoms with Gasteiger partial charge in [-0.05, 0) is 162 Å².